The van der Waals surface area contributed by atoms with Gasteiger partial charge >= 0.3 is 0 Å². The highest BCUT2D eigenvalue weighted by Gasteiger charge is 2.23. The van der Waals surface area contributed by atoms with E-state index < -0.39 is 28.0 Å². The number of nitrogens with one attached hydrogen (secondary N) is 2. The van der Waals surface area contributed by atoms with Crippen LogP contribution in [0.1, 0.15) is 25.5 Å². The fourth-order valence-electron chi connectivity index (χ4n) is 2.38. The monoisotopic (exact) mass is 430 g/mol. The molecule has 0 spiro atoms. The molecule has 2 rings (SSSR count). The normalized spacial score (nSPS) is 13.7. The molecule has 9 heteroatoms. The summed E-state index contributed by atoms with van der Waals surface area (Å²) in [6, 6.07) is 9.43. The van der Waals surface area contributed by atoms with Crippen molar-refractivity contribution < 1.29 is 17.9 Å². The molecule has 146 valence electrons. The number of amides is 1. The predicted octanol–water partition coefficient (Wildman–Crippen LogP) is 3.55. The highest BCUT2D eigenvalue weighted by Crippen LogP contribution is 2.26. The van der Waals surface area contributed by atoms with Gasteiger partial charge in [-0.15, -0.1) is 0 Å². The molecule has 0 aliphatic heterocycles. The number of benzene rings is 2. The second-order valence-corrected chi connectivity index (χ2v) is 8.47. The lowest BCUT2D eigenvalue weighted by Crippen LogP contribution is -2.45. The molecule has 0 saturated carbocycles. The van der Waals surface area contributed by atoms with E-state index in [1.807, 2.05) is 0 Å². The zero-order chi connectivity index (χ0) is 20.2. The zero-order valence-electron chi connectivity index (χ0n) is 15.0. The summed E-state index contributed by atoms with van der Waals surface area (Å²) in [5.74, 6) is 0.0546. The van der Waals surface area contributed by atoms with Gasteiger partial charge in [-0.25, -0.2) is 8.42 Å². The Morgan fingerprint density at radius 1 is 1.07 bits per heavy atom. The van der Waals surface area contributed by atoms with Crippen LogP contribution >= 0.6 is 23.2 Å². The topological polar surface area (TPSA) is 84.5 Å². The minimum Gasteiger partial charge on any atom is -0.497 e. The highest BCUT2D eigenvalue weighted by atomic mass is 35.5. The van der Waals surface area contributed by atoms with Crippen LogP contribution in [0.25, 0.3) is 0 Å². The number of sulfonamides is 1. The summed E-state index contributed by atoms with van der Waals surface area (Å²) in [7, 11) is -2.37. The van der Waals surface area contributed by atoms with Crippen LogP contribution in [0.3, 0.4) is 0 Å². The molecule has 1 unspecified atom stereocenters. The van der Waals surface area contributed by atoms with Crippen molar-refractivity contribution in [2.75, 3.05) is 7.11 Å². The molecule has 2 aromatic rings. The molecule has 0 aliphatic rings. The Labute approximate surface area is 168 Å². The summed E-state index contributed by atoms with van der Waals surface area (Å²) < 4.78 is 32.2. The molecule has 0 bridgehead atoms. The quantitative estimate of drug-likeness (QED) is 0.703. The van der Waals surface area contributed by atoms with Gasteiger partial charge in [0.05, 0.1) is 24.1 Å². The number of carbonyl (C=O) groups is 1. The van der Waals surface area contributed by atoms with Gasteiger partial charge in [-0.2, -0.15) is 4.72 Å². The fraction of sp³-hybridized carbons (Fsp3) is 0.278. The highest BCUT2D eigenvalue weighted by molar-refractivity contribution is 7.89. The van der Waals surface area contributed by atoms with E-state index in [9.17, 15) is 13.2 Å². The number of hydrogen-bond donors (Lipinski definition) is 2. The van der Waals surface area contributed by atoms with E-state index in [-0.39, 0.29) is 4.90 Å². The minimum absolute atomic E-state index is 0.0387. The average Bonchev–Trinajstić information content (AvgIpc) is 2.61. The Morgan fingerprint density at radius 2 is 1.70 bits per heavy atom. The van der Waals surface area contributed by atoms with Crippen molar-refractivity contribution in [1.82, 2.24) is 10.0 Å². The largest absolute Gasteiger partial charge is 0.497 e. The van der Waals surface area contributed by atoms with Crippen molar-refractivity contribution in [2.24, 2.45) is 0 Å². The van der Waals surface area contributed by atoms with E-state index >= 15 is 0 Å². The van der Waals surface area contributed by atoms with Crippen LogP contribution in [-0.4, -0.2) is 27.5 Å². The maximum Gasteiger partial charge on any atom is 0.241 e. The zero-order valence-corrected chi connectivity index (χ0v) is 17.3. The second-order valence-electron chi connectivity index (χ2n) is 5.91. The van der Waals surface area contributed by atoms with Gasteiger partial charge in [0.2, 0.25) is 15.9 Å². The smallest absolute Gasteiger partial charge is 0.241 e. The molecule has 2 atom stereocenters. The lowest BCUT2D eigenvalue weighted by molar-refractivity contribution is -0.123. The third kappa shape index (κ3) is 5.59. The van der Waals surface area contributed by atoms with E-state index in [1.165, 1.54) is 38.3 Å². The summed E-state index contributed by atoms with van der Waals surface area (Å²) >= 11 is 12.0. The summed E-state index contributed by atoms with van der Waals surface area (Å²) in [5, 5.41) is 3.64. The molecular weight excluding hydrogens is 411 g/mol. The van der Waals surface area contributed by atoms with Crippen LogP contribution in [0, 0.1) is 0 Å². The van der Waals surface area contributed by atoms with Gasteiger partial charge in [0.25, 0.3) is 0 Å². The van der Waals surface area contributed by atoms with Crippen molar-refractivity contribution in [3.05, 3.63) is 58.1 Å². The van der Waals surface area contributed by atoms with E-state index in [1.54, 1.807) is 25.1 Å². The van der Waals surface area contributed by atoms with Gasteiger partial charge in [0, 0.05) is 10.0 Å². The molecular formula is C18H20Cl2N2O4S. The molecule has 0 saturated heterocycles. The van der Waals surface area contributed by atoms with Gasteiger partial charge in [0.1, 0.15) is 5.75 Å². The number of rotatable bonds is 7. The number of ether oxygens (including phenoxy) is 1. The second kappa shape index (κ2) is 8.93. The third-order valence-corrected chi connectivity index (χ3v) is 6.00. The van der Waals surface area contributed by atoms with E-state index in [2.05, 4.69) is 10.0 Å². The Balaban J connectivity index is 2.05. The Kier molecular flexibility index (Phi) is 7.11. The number of methoxy groups -OCH3 is 1. The summed E-state index contributed by atoms with van der Waals surface area (Å²) in [4.78, 5) is 12.4. The van der Waals surface area contributed by atoms with Crippen molar-refractivity contribution in [3.63, 3.8) is 0 Å². The molecule has 6 nitrogen and oxygen atoms in total. The SMILES string of the molecule is COc1ccc(S(=O)(=O)N[C@@H](C)C(=O)NC(C)c2ccc(Cl)cc2Cl)cc1. The van der Waals surface area contributed by atoms with Crippen molar-refractivity contribution in [3.8, 4) is 5.75 Å². The first-order valence-corrected chi connectivity index (χ1v) is 10.3. The van der Waals surface area contributed by atoms with Gasteiger partial charge in [0.15, 0.2) is 0 Å². The Morgan fingerprint density at radius 3 is 2.26 bits per heavy atom. The first-order chi connectivity index (χ1) is 12.6. The van der Waals surface area contributed by atoms with Gasteiger partial charge in [-0.3, -0.25) is 4.79 Å². The fourth-order valence-corrected chi connectivity index (χ4v) is 4.15. The summed E-state index contributed by atoms with van der Waals surface area (Å²) in [6.45, 7) is 3.21. The molecule has 0 heterocycles. The van der Waals surface area contributed by atoms with E-state index in [0.717, 1.165) is 0 Å². The number of hydrogen-bond acceptors (Lipinski definition) is 4. The van der Waals surface area contributed by atoms with Crippen molar-refractivity contribution in [1.29, 1.82) is 0 Å². The Hall–Kier alpha value is -1.80. The molecule has 0 aromatic heterocycles. The van der Waals surface area contributed by atoms with E-state index in [0.29, 0.717) is 21.4 Å². The molecule has 2 N–H and O–H groups in total. The van der Waals surface area contributed by atoms with Gasteiger partial charge in [-0.05, 0) is 55.8 Å². The maximum atomic E-state index is 12.4. The molecule has 0 radical (unpaired) electrons. The lowest BCUT2D eigenvalue weighted by atomic mass is 10.1. The average molecular weight is 431 g/mol. The molecule has 0 fully saturated rings. The Bertz CT molecular complexity index is 917. The predicted molar refractivity (Wildman–Crippen MR) is 106 cm³/mol. The van der Waals surface area contributed by atoms with Crippen LogP contribution in [0.5, 0.6) is 5.75 Å². The first-order valence-electron chi connectivity index (χ1n) is 8.05. The number of halogens is 2. The van der Waals surface area contributed by atoms with Crippen LogP contribution in [-0.2, 0) is 14.8 Å². The molecule has 0 aliphatic carbocycles. The number of carbonyl (C=O) groups excluding carboxylic acids is 1. The van der Waals surface area contributed by atoms with Crippen LogP contribution in [0.15, 0.2) is 47.4 Å². The van der Waals surface area contributed by atoms with Crippen LogP contribution in [0.4, 0.5) is 0 Å². The van der Waals surface area contributed by atoms with Crippen molar-refractivity contribution in [2.45, 2.75) is 30.8 Å². The van der Waals surface area contributed by atoms with Gasteiger partial charge in [-0.1, -0.05) is 29.3 Å². The van der Waals surface area contributed by atoms with Gasteiger partial charge < -0.3 is 10.1 Å². The maximum absolute atomic E-state index is 12.4. The lowest BCUT2D eigenvalue weighted by Gasteiger charge is -2.20. The standard InChI is InChI=1S/C18H20Cl2N2O4S/c1-11(16-9-4-13(19)10-17(16)20)21-18(23)12(2)22-27(24,25)15-7-5-14(26-3)6-8-15/h4-12,22H,1-3H3,(H,21,23)/t11?,12-/m0/s1. The van der Waals surface area contributed by atoms with E-state index in [4.69, 9.17) is 27.9 Å². The van der Waals surface area contributed by atoms with Crippen LogP contribution in [0.2, 0.25) is 10.0 Å². The minimum atomic E-state index is -3.85. The first kappa shape index (κ1) is 21.5. The molecule has 27 heavy (non-hydrogen) atoms. The molecule has 2 aromatic carbocycles. The molecule has 1 amide bonds. The van der Waals surface area contributed by atoms with Crippen molar-refractivity contribution >= 4 is 39.1 Å². The summed E-state index contributed by atoms with van der Waals surface area (Å²) in [5.41, 5.74) is 0.680. The summed E-state index contributed by atoms with van der Waals surface area (Å²) in [6.07, 6.45) is 0. The van der Waals surface area contributed by atoms with Crippen LogP contribution < -0.4 is 14.8 Å². The third-order valence-electron chi connectivity index (χ3n) is 3.88.